The smallest absolute Gasteiger partial charge is 0.416 e. The molecule has 0 bridgehead atoms. The number of ether oxygens (including phenoxy) is 2. The molecule has 3 rings (SSSR count). The monoisotopic (exact) mass is 351 g/mol. The van der Waals surface area contributed by atoms with Gasteiger partial charge in [0.05, 0.1) is 17.9 Å². The quantitative estimate of drug-likeness (QED) is 0.904. The molecule has 0 radical (unpaired) electrons. The minimum atomic E-state index is -4.51. The van der Waals surface area contributed by atoms with Crippen LogP contribution in [-0.4, -0.2) is 18.6 Å². The van der Waals surface area contributed by atoms with Crippen molar-refractivity contribution in [2.24, 2.45) is 0 Å². The highest BCUT2D eigenvalue weighted by Crippen LogP contribution is 2.36. The zero-order chi connectivity index (χ0) is 18.0. The summed E-state index contributed by atoms with van der Waals surface area (Å²) < 4.78 is 49.6. The zero-order valence-corrected chi connectivity index (χ0v) is 13.4. The van der Waals surface area contributed by atoms with Crippen LogP contribution in [0.1, 0.15) is 18.1 Å². The number of hydrogen-bond donors (Lipinski definition) is 1. The van der Waals surface area contributed by atoms with E-state index in [2.05, 4.69) is 5.32 Å². The Kier molecular flexibility index (Phi) is 4.57. The van der Waals surface area contributed by atoms with Gasteiger partial charge in [0.15, 0.2) is 6.10 Å². The molecule has 1 unspecified atom stereocenters. The molecular weight excluding hydrogens is 335 g/mol. The maximum absolute atomic E-state index is 12.9. The Hall–Kier alpha value is -2.70. The Morgan fingerprint density at radius 1 is 1.28 bits per heavy atom. The second kappa shape index (κ2) is 6.66. The summed E-state index contributed by atoms with van der Waals surface area (Å²) in [5, 5.41) is 2.50. The van der Waals surface area contributed by atoms with Crippen molar-refractivity contribution in [1.29, 1.82) is 0 Å². The van der Waals surface area contributed by atoms with E-state index in [0.29, 0.717) is 12.2 Å². The first-order chi connectivity index (χ1) is 11.9. The van der Waals surface area contributed by atoms with Crippen molar-refractivity contribution in [1.82, 2.24) is 0 Å². The molecule has 1 N–H and O–H groups in total. The molecule has 0 fully saturated rings. The predicted molar refractivity (Wildman–Crippen MR) is 85.8 cm³/mol. The van der Waals surface area contributed by atoms with Crippen LogP contribution in [0.25, 0.3) is 0 Å². The highest BCUT2D eigenvalue weighted by molar-refractivity contribution is 5.96. The Balaban J connectivity index is 1.80. The van der Waals surface area contributed by atoms with Crippen molar-refractivity contribution in [3.8, 4) is 11.5 Å². The van der Waals surface area contributed by atoms with Gasteiger partial charge in [0.1, 0.15) is 11.5 Å². The first kappa shape index (κ1) is 17.1. The van der Waals surface area contributed by atoms with Gasteiger partial charge in [-0.15, -0.1) is 0 Å². The average molecular weight is 351 g/mol. The SMILES string of the molecule is CCOc1ccc(C(F)(F)F)cc1NC(=O)C1Cc2ccccc2O1. The van der Waals surface area contributed by atoms with Gasteiger partial charge in [-0.05, 0) is 36.8 Å². The molecule has 0 spiro atoms. The van der Waals surface area contributed by atoms with Crippen LogP contribution >= 0.6 is 0 Å². The highest BCUT2D eigenvalue weighted by Gasteiger charge is 2.33. The van der Waals surface area contributed by atoms with Crippen LogP contribution in [0.3, 0.4) is 0 Å². The van der Waals surface area contributed by atoms with Gasteiger partial charge in [-0.2, -0.15) is 13.2 Å². The topological polar surface area (TPSA) is 47.6 Å². The number of rotatable bonds is 4. The molecule has 0 saturated carbocycles. The van der Waals surface area contributed by atoms with Crippen LogP contribution in [0.4, 0.5) is 18.9 Å². The van der Waals surface area contributed by atoms with Gasteiger partial charge < -0.3 is 14.8 Å². The molecule has 1 heterocycles. The van der Waals surface area contributed by atoms with Gasteiger partial charge in [-0.1, -0.05) is 18.2 Å². The molecule has 0 saturated heterocycles. The number of alkyl halides is 3. The number of anilines is 1. The van der Waals surface area contributed by atoms with Crippen molar-refractivity contribution in [3.63, 3.8) is 0 Å². The average Bonchev–Trinajstić information content (AvgIpc) is 3.00. The van der Waals surface area contributed by atoms with E-state index in [9.17, 15) is 18.0 Å². The fourth-order valence-corrected chi connectivity index (χ4v) is 2.63. The summed E-state index contributed by atoms with van der Waals surface area (Å²) in [6, 6.07) is 10.2. The Labute approximate surface area is 142 Å². The van der Waals surface area contributed by atoms with Crippen LogP contribution in [0, 0.1) is 0 Å². The molecule has 25 heavy (non-hydrogen) atoms. The maximum atomic E-state index is 12.9. The van der Waals surface area contributed by atoms with E-state index in [1.165, 1.54) is 6.07 Å². The molecule has 2 aromatic carbocycles. The van der Waals surface area contributed by atoms with Gasteiger partial charge in [0, 0.05) is 6.42 Å². The zero-order valence-electron chi connectivity index (χ0n) is 13.4. The largest absolute Gasteiger partial charge is 0.492 e. The predicted octanol–water partition coefficient (Wildman–Crippen LogP) is 4.05. The fourth-order valence-electron chi connectivity index (χ4n) is 2.63. The number of amides is 1. The molecule has 1 atom stereocenters. The second-order valence-electron chi connectivity index (χ2n) is 5.55. The van der Waals surface area contributed by atoms with Crippen molar-refractivity contribution >= 4 is 11.6 Å². The van der Waals surface area contributed by atoms with Crippen LogP contribution in [-0.2, 0) is 17.4 Å². The number of halogens is 3. The first-order valence-corrected chi connectivity index (χ1v) is 7.78. The minimum absolute atomic E-state index is 0.0266. The van der Waals surface area contributed by atoms with Crippen molar-refractivity contribution in [2.75, 3.05) is 11.9 Å². The van der Waals surface area contributed by atoms with Crippen molar-refractivity contribution < 1.29 is 27.4 Å². The van der Waals surface area contributed by atoms with Gasteiger partial charge >= 0.3 is 6.18 Å². The van der Waals surface area contributed by atoms with Crippen LogP contribution in [0.15, 0.2) is 42.5 Å². The van der Waals surface area contributed by atoms with Gasteiger partial charge in [0.25, 0.3) is 5.91 Å². The third-order valence-corrected chi connectivity index (χ3v) is 3.80. The minimum Gasteiger partial charge on any atom is -0.492 e. The standard InChI is InChI=1S/C18H16F3NO3/c1-2-24-15-8-7-12(18(19,20)21)10-13(15)22-17(23)16-9-11-5-3-4-6-14(11)25-16/h3-8,10,16H,2,9H2,1H3,(H,22,23). The Morgan fingerprint density at radius 2 is 2.04 bits per heavy atom. The van der Waals surface area contributed by atoms with Gasteiger partial charge in [-0.3, -0.25) is 4.79 Å². The number of fused-ring (bicyclic) bond motifs is 1. The second-order valence-corrected chi connectivity index (χ2v) is 5.55. The molecule has 1 aliphatic heterocycles. The molecule has 2 aromatic rings. The molecule has 7 heteroatoms. The van der Waals surface area contributed by atoms with E-state index in [1.807, 2.05) is 12.1 Å². The molecule has 0 aliphatic carbocycles. The summed E-state index contributed by atoms with van der Waals surface area (Å²) >= 11 is 0. The van der Waals surface area contributed by atoms with E-state index in [-0.39, 0.29) is 18.0 Å². The van der Waals surface area contributed by atoms with Crippen LogP contribution in [0.2, 0.25) is 0 Å². The Morgan fingerprint density at radius 3 is 2.72 bits per heavy atom. The lowest BCUT2D eigenvalue weighted by Gasteiger charge is -2.16. The van der Waals surface area contributed by atoms with Crippen molar-refractivity contribution in [2.45, 2.75) is 25.6 Å². The molecule has 4 nitrogen and oxygen atoms in total. The van der Waals surface area contributed by atoms with E-state index in [1.54, 1.807) is 19.1 Å². The number of para-hydroxylation sites is 1. The lowest BCUT2D eigenvalue weighted by molar-refractivity contribution is -0.137. The number of hydrogen-bond acceptors (Lipinski definition) is 3. The summed E-state index contributed by atoms with van der Waals surface area (Å²) in [6.07, 6.45) is -4.93. The number of carbonyl (C=O) groups excluding carboxylic acids is 1. The van der Waals surface area contributed by atoms with E-state index in [0.717, 1.165) is 17.7 Å². The summed E-state index contributed by atoms with van der Waals surface area (Å²) in [5.41, 5.74) is -0.000153. The molecule has 1 aliphatic rings. The normalized spacial score (nSPS) is 16.1. The molecule has 132 valence electrons. The number of nitrogens with one attached hydrogen (secondary N) is 1. The number of benzene rings is 2. The summed E-state index contributed by atoms with van der Waals surface area (Å²) in [7, 11) is 0. The van der Waals surface area contributed by atoms with E-state index in [4.69, 9.17) is 9.47 Å². The molecule has 1 amide bonds. The van der Waals surface area contributed by atoms with Gasteiger partial charge in [-0.25, -0.2) is 0 Å². The lowest BCUT2D eigenvalue weighted by Crippen LogP contribution is -2.31. The summed E-state index contributed by atoms with van der Waals surface area (Å²) in [5.74, 6) is 0.271. The Bertz CT molecular complexity index is 764. The fraction of sp³-hybridized carbons (Fsp3) is 0.278. The van der Waals surface area contributed by atoms with Crippen LogP contribution < -0.4 is 14.8 Å². The van der Waals surface area contributed by atoms with Crippen molar-refractivity contribution in [3.05, 3.63) is 53.6 Å². The summed E-state index contributed by atoms with van der Waals surface area (Å²) in [6.45, 7) is 1.97. The van der Waals surface area contributed by atoms with Gasteiger partial charge in [0.2, 0.25) is 0 Å². The first-order valence-electron chi connectivity index (χ1n) is 7.78. The highest BCUT2D eigenvalue weighted by atomic mass is 19.4. The number of carbonyl (C=O) groups is 1. The summed E-state index contributed by atoms with van der Waals surface area (Å²) in [4.78, 5) is 12.4. The lowest BCUT2D eigenvalue weighted by atomic mass is 10.1. The third-order valence-electron chi connectivity index (χ3n) is 3.80. The maximum Gasteiger partial charge on any atom is 0.416 e. The molecular formula is C18H16F3NO3. The van der Waals surface area contributed by atoms with E-state index < -0.39 is 23.8 Å². The van der Waals surface area contributed by atoms with Crippen LogP contribution in [0.5, 0.6) is 11.5 Å². The third kappa shape index (κ3) is 3.70. The van der Waals surface area contributed by atoms with E-state index >= 15 is 0 Å². The molecule has 0 aromatic heterocycles.